The summed E-state index contributed by atoms with van der Waals surface area (Å²) in [5.41, 5.74) is 0.800. The highest BCUT2D eigenvalue weighted by Crippen LogP contribution is 2.34. The van der Waals surface area contributed by atoms with Gasteiger partial charge in [0, 0.05) is 16.7 Å². The first-order chi connectivity index (χ1) is 8.58. The second kappa shape index (κ2) is 5.93. The van der Waals surface area contributed by atoms with Crippen LogP contribution < -0.4 is 0 Å². The summed E-state index contributed by atoms with van der Waals surface area (Å²) in [5, 5.41) is 11.5. The van der Waals surface area contributed by atoms with E-state index in [0.29, 0.717) is 10.0 Å². The predicted octanol–water partition coefficient (Wildman–Crippen LogP) is 4.59. The highest BCUT2D eigenvalue weighted by molar-refractivity contribution is 7.99. The van der Waals surface area contributed by atoms with Crippen LogP contribution in [0, 0.1) is 0 Å². The van der Waals surface area contributed by atoms with Gasteiger partial charge in [-0.05, 0) is 31.2 Å². The summed E-state index contributed by atoms with van der Waals surface area (Å²) in [6, 6.07) is 9.07. The molecule has 0 saturated heterocycles. The first kappa shape index (κ1) is 13.7. The van der Waals surface area contributed by atoms with Crippen LogP contribution in [-0.4, -0.2) is 10.1 Å². The molecule has 94 valence electrons. The molecule has 0 bridgehead atoms. The molecule has 18 heavy (non-hydrogen) atoms. The normalized spacial score (nSPS) is 12.4. The lowest BCUT2D eigenvalue weighted by Gasteiger charge is -2.10. The number of hydrogen-bond acceptors (Lipinski definition) is 3. The molecular formula is C13H11Cl2NOS. The van der Waals surface area contributed by atoms with Crippen molar-refractivity contribution in [3.05, 3.63) is 52.1 Å². The Balaban J connectivity index is 2.31. The SMILES string of the molecule is CC(O)c1cccnc1Sc1ccc(Cl)c(Cl)c1. The third kappa shape index (κ3) is 3.18. The van der Waals surface area contributed by atoms with Crippen molar-refractivity contribution in [2.24, 2.45) is 0 Å². The van der Waals surface area contributed by atoms with Crippen LogP contribution in [0.5, 0.6) is 0 Å². The fourth-order valence-electron chi connectivity index (χ4n) is 1.46. The Morgan fingerprint density at radius 2 is 2.00 bits per heavy atom. The van der Waals surface area contributed by atoms with Crippen molar-refractivity contribution in [3.63, 3.8) is 0 Å². The average molecular weight is 300 g/mol. The molecule has 2 rings (SSSR count). The monoisotopic (exact) mass is 299 g/mol. The van der Waals surface area contributed by atoms with Crippen molar-refractivity contribution in [1.82, 2.24) is 4.98 Å². The second-order valence-electron chi connectivity index (χ2n) is 3.75. The molecule has 0 fully saturated rings. The lowest BCUT2D eigenvalue weighted by atomic mass is 10.2. The van der Waals surface area contributed by atoms with Crippen molar-refractivity contribution in [2.75, 3.05) is 0 Å². The van der Waals surface area contributed by atoms with Crippen molar-refractivity contribution < 1.29 is 5.11 Å². The zero-order chi connectivity index (χ0) is 13.1. The maximum atomic E-state index is 9.68. The summed E-state index contributed by atoms with van der Waals surface area (Å²) in [5.74, 6) is 0. The quantitative estimate of drug-likeness (QED) is 0.899. The molecule has 2 nitrogen and oxygen atoms in total. The van der Waals surface area contributed by atoms with Gasteiger partial charge in [-0.3, -0.25) is 0 Å². The standard InChI is InChI=1S/C13H11Cl2NOS/c1-8(17)10-3-2-6-16-13(10)18-9-4-5-11(14)12(15)7-9/h2-8,17H,1H3. The minimum Gasteiger partial charge on any atom is -0.389 e. The van der Waals surface area contributed by atoms with Crippen LogP contribution in [0.25, 0.3) is 0 Å². The van der Waals surface area contributed by atoms with E-state index in [1.165, 1.54) is 11.8 Å². The second-order valence-corrected chi connectivity index (χ2v) is 5.63. The summed E-state index contributed by atoms with van der Waals surface area (Å²) in [6.45, 7) is 1.72. The molecule has 1 heterocycles. The van der Waals surface area contributed by atoms with E-state index in [-0.39, 0.29) is 0 Å². The number of halogens is 2. The highest BCUT2D eigenvalue weighted by atomic mass is 35.5. The number of hydrogen-bond donors (Lipinski definition) is 1. The molecular weight excluding hydrogens is 289 g/mol. The highest BCUT2D eigenvalue weighted by Gasteiger charge is 2.10. The lowest BCUT2D eigenvalue weighted by Crippen LogP contribution is -1.95. The summed E-state index contributed by atoms with van der Waals surface area (Å²) in [6.07, 6.45) is 1.15. The molecule has 1 aromatic carbocycles. The van der Waals surface area contributed by atoms with E-state index in [0.717, 1.165) is 15.5 Å². The number of rotatable bonds is 3. The van der Waals surface area contributed by atoms with Gasteiger partial charge in [0.25, 0.3) is 0 Å². The van der Waals surface area contributed by atoms with Crippen LogP contribution in [0.4, 0.5) is 0 Å². The Hall–Kier alpha value is -0.740. The Morgan fingerprint density at radius 3 is 2.67 bits per heavy atom. The molecule has 0 saturated carbocycles. The molecule has 0 aliphatic rings. The van der Waals surface area contributed by atoms with E-state index in [1.54, 1.807) is 31.3 Å². The van der Waals surface area contributed by atoms with E-state index in [1.807, 2.05) is 12.1 Å². The van der Waals surface area contributed by atoms with Crippen LogP contribution in [0.2, 0.25) is 10.0 Å². The van der Waals surface area contributed by atoms with Crippen molar-refractivity contribution in [2.45, 2.75) is 22.9 Å². The molecule has 0 aliphatic heterocycles. The van der Waals surface area contributed by atoms with Crippen LogP contribution in [0.15, 0.2) is 46.5 Å². The molecule has 1 unspecified atom stereocenters. The summed E-state index contributed by atoms with van der Waals surface area (Å²) >= 11 is 13.3. The first-order valence-corrected chi connectivity index (χ1v) is 6.91. The van der Waals surface area contributed by atoms with Crippen molar-refractivity contribution >= 4 is 35.0 Å². The molecule has 0 amide bonds. The molecule has 0 radical (unpaired) electrons. The Bertz CT molecular complexity index is 560. The molecule has 5 heteroatoms. The van der Waals surface area contributed by atoms with Gasteiger partial charge in [-0.25, -0.2) is 4.98 Å². The van der Waals surface area contributed by atoms with Gasteiger partial charge in [-0.1, -0.05) is 41.0 Å². The van der Waals surface area contributed by atoms with Gasteiger partial charge in [0.2, 0.25) is 0 Å². The Morgan fingerprint density at radius 1 is 1.22 bits per heavy atom. The van der Waals surface area contributed by atoms with Gasteiger partial charge in [-0.15, -0.1) is 0 Å². The number of aliphatic hydroxyl groups is 1. The number of aromatic nitrogens is 1. The summed E-state index contributed by atoms with van der Waals surface area (Å²) < 4.78 is 0. The minimum absolute atomic E-state index is 0.510. The Kier molecular flexibility index (Phi) is 4.51. The van der Waals surface area contributed by atoms with E-state index >= 15 is 0 Å². The molecule has 1 atom stereocenters. The van der Waals surface area contributed by atoms with Crippen LogP contribution in [0.1, 0.15) is 18.6 Å². The maximum absolute atomic E-state index is 9.68. The fourth-order valence-corrected chi connectivity index (χ4v) is 2.83. The van der Waals surface area contributed by atoms with Gasteiger partial charge in [0.15, 0.2) is 0 Å². The predicted molar refractivity (Wildman–Crippen MR) is 75.5 cm³/mol. The minimum atomic E-state index is -0.552. The zero-order valence-corrected chi connectivity index (χ0v) is 11.9. The zero-order valence-electron chi connectivity index (χ0n) is 9.60. The van der Waals surface area contributed by atoms with Crippen LogP contribution in [0.3, 0.4) is 0 Å². The lowest BCUT2D eigenvalue weighted by molar-refractivity contribution is 0.195. The topological polar surface area (TPSA) is 33.1 Å². The van der Waals surface area contributed by atoms with E-state index in [4.69, 9.17) is 23.2 Å². The van der Waals surface area contributed by atoms with Crippen LogP contribution >= 0.6 is 35.0 Å². The van der Waals surface area contributed by atoms with Gasteiger partial charge >= 0.3 is 0 Å². The van der Waals surface area contributed by atoms with E-state index in [2.05, 4.69) is 4.98 Å². The first-order valence-electron chi connectivity index (χ1n) is 5.34. The summed E-state index contributed by atoms with van der Waals surface area (Å²) in [7, 11) is 0. The van der Waals surface area contributed by atoms with Crippen LogP contribution in [-0.2, 0) is 0 Å². The largest absolute Gasteiger partial charge is 0.389 e. The maximum Gasteiger partial charge on any atom is 0.106 e. The molecule has 0 spiro atoms. The van der Waals surface area contributed by atoms with Gasteiger partial charge < -0.3 is 5.11 Å². The Labute approximate surface area is 120 Å². The smallest absolute Gasteiger partial charge is 0.106 e. The fraction of sp³-hybridized carbons (Fsp3) is 0.154. The van der Waals surface area contributed by atoms with E-state index < -0.39 is 6.10 Å². The molecule has 0 aliphatic carbocycles. The third-order valence-electron chi connectivity index (χ3n) is 2.36. The summed E-state index contributed by atoms with van der Waals surface area (Å²) in [4.78, 5) is 5.21. The molecule has 1 N–H and O–H groups in total. The van der Waals surface area contributed by atoms with E-state index in [9.17, 15) is 5.11 Å². The molecule has 1 aromatic heterocycles. The van der Waals surface area contributed by atoms with Crippen molar-refractivity contribution in [3.8, 4) is 0 Å². The molecule has 2 aromatic rings. The van der Waals surface area contributed by atoms with Gasteiger partial charge in [0.1, 0.15) is 5.03 Å². The number of pyridine rings is 1. The van der Waals surface area contributed by atoms with Gasteiger partial charge in [0.05, 0.1) is 16.1 Å². The van der Waals surface area contributed by atoms with Gasteiger partial charge in [-0.2, -0.15) is 0 Å². The average Bonchev–Trinajstić information content (AvgIpc) is 2.34. The van der Waals surface area contributed by atoms with Crippen molar-refractivity contribution in [1.29, 1.82) is 0 Å². The number of nitrogens with zero attached hydrogens (tertiary/aromatic N) is 1. The number of benzene rings is 1. The number of aliphatic hydroxyl groups excluding tert-OH is 1. The third-order valence-corrected chi connectivity index (χ3v) is 4.12.